The van der Waals surface area contributed by atoms with Crippen molar-refractivity contribution >= 4 is 28.4 Å². The van der Waals surface area contributed by atoms with Crippen molar-refractivity contribution < 1.29 is 9.53 Å². The zero-order chi connectivity index (χ0) is 6.69. The number of carbonyl (C=O) groups excluding carboxylic acids is 1. The summed E-state index contributed by atoms with van der Waals surface area (Å²) < 4.78 is 4.49. The number of hydrogen-bond donors (Lipinski definition) is 0. The highest BCUT2D eigenvalue weighted by molar-refractivity contribution is 7.08. The second-order valence-corrected chi connectivity index (χ2v) is 2.39. The Kier molecular flexibility index (Phi) is 2.08. The van der Waals surface area contributed by atoms with E-state index in [-0.39, 0.29) is 0 Å². The van der Waals surface area contributed by atoms with Crippen molar-refractivity contribution in [3.05, 3.63) is 16.8 Å². The molecule has 0 unspecified atom stereocenters. The number of rotatable bonds is 1. The Morgan fingerprint density at radius 2 is 2.56 bits per heavy atom. The Morgan fingerprint density at radius 1 is 1.78 bits per heavy atom. The molecule has 48 valence electrons. The summed E-state index contributed by atoms with van der Waals surface area (Å²) in [5.41, 5.74) is -0.798. The van der Waals surface area contributed by atoms with E-state index >= 15 is 0 Å². The number of carbonyl (C=O) groups is 1. The highest BCUT2D eigenvalue weighted by Gasteiger charge is 1.97. The van der Waals surface area contributed by atoms with Crippen molar-refractivity contribution in [3.63, 3.8) is 0 Å². The molecule has 1 rings (SSSR count). The average molecular weight is 163 g/mol. The topological polar surface area (TPSA) is 26.3 Å². The first-order valence-electron chi connectivity index (χ1n) is 2.18. The summed E-state index contributed by atoms with van der Waals surface area (Å²) in [6.45, 7) is 0. The molecule has 0 aliphatic carbocycles. The van der Waals surface area contributed by atoms with E-state index in [1.165, 1.54) is 11.3 Å². The lowest BCUT2D eigenvalue weighted by Crippen LogP contribution is -1.93. The summed E-state index contributed by atoms with van der Waals surface area (Å²) in [5, 5.41) is 3.50. The number of thiophene rings is 1. The van der Waals surface area contributed by atoms with Gasteiger partial charge in [-0.1, -0.05) is 0 Å². The number of hydrogen-bond acceptors (Lipinski definition) is 3. The molecule has 0 aromatic carbocycles. The molecule has 0 amide bonds. The van der Waals surface area contributed by atoms with E-state index in [2.05, 4.69) is 4.74 Å². The molecular formula is C5H3ClO2S. The lowest BCUT2D eigenvalue weighted by atomic mass is 10.6. The van der Waals surface area contributed by atoms with Gasteiger partial charge in [0, 0.05) is 17.0 Å². The lowest BCUT2D eigenvalue weighted by Gasteiger charge is -1.90. The van der Waals surface area contributed by atoms with E-state index in [9.17, 15) is 4.79 Å². The standard InChI is InChI=1S/C5H3ClO2S/c6-5(7)8-4-1-2-9-3-4/h1-3H. The Hall–Kier alpha value is -0.540. The van der Waals surface area contributed by atoms with Crippen LogP contribution in [0.2, 0.25) is 0 Å². The van der Waals surface area contributed by atoms with Crippen LogP contribution in [0.5, 0.6) is 5.75 Å². The molecule has 9 heavy (non-hydrogen) atoms. The normalized spacial score (nSPS) is 9.00. The van der Waals surface area contributed by atoms with E-state index in [1.54, 1.807) is 16.8 Å². The first kappa shape index (κ1) is 6.58. The fraction of sp³-hybridized carbons (Fsp3) is 0. The van der Waals surface area contributed by atoms with Gasteiger partial charge in [0.1, 0.15) is 5.75 Å². The molecule has 4 heteroatoms. The molecule has 0 N–H and O–H groups in total. The SMILES string of the molecule is O=C(Cl)Oc1ccsc1. The third kappa shape index (κ3) is 2.03. The fourth-order valence-corrected chi connectivity index (χ4v) is 1.04. The molecule has 0 spiro atoms. The van der Waals surface area contributed by atoms with Crippen LogP contribution in [0.15, 0.2) is 16.8 Å². The van der Waals surface area contributed by atoms with Crippen LogP contribution in [0.1, 0.15) is 0 Å². The molecule has 1 aromatic rings. The maximum absolute atomic E-state index is 10.1. The van der Waals surface area contributed by atoms with Crippen molar-refractivity contribution in [1.82, 2.24) is 0 Å². The van der Waals surface area contributed by atoms with Crippen LogP contribution in [-0.4, -0.2) is 5.43 Å². The van der Waals surface area contributed by atoms with Gasteiger partial charge in [-0.2, -0.15) is 0 Å². The van der Waals surface area contributed by atoms with Gasteiger partial charge in [-0.05, 0) is 11.4 Å². The summed E-state index contributed by atoms with van der Waals surface area (Å²) in [5.74, 6) is 0.500. The van der Waals surface area contributed by atoms with Crippen molar-refractivity contribution in [2.24, 2.45) is 0 Å². The molecule has 1 heterocycles. The molecule has 0 aliphatic heterocycles. The van der Waals surface area contributed by atoms with E-state index < -0.39 is 5.43 Å². The van der Waals surface area contributed by atoms with E-state index in [0.717, 1.165) is 0 Å². The molecule has 0 radical (unpaired) electrons. The van der Waals surface area contributed by atoms with Crippen molar-refractivity contribution in [3.8, 4) is 5.75 Å². The molecule has 0 atom stereocenters. The van der Waals surface area contributed by atoms with Gasteiger partial charge in [0.05, 0.1) is 0 Å². The molecular weight excluding hydrogens is 160 g/mol. The van der Waals surface area contributed by atoms with Crippen LogP contribution in [0.25, 0.3) is 0 Å². The molecule has 1 aromatic heterocycles. The summed E-state index contributed by atoms with van der Waals surface area (Å²) >= 11 is 6.36. The smallest absolute Gasteiger partial charge is 0.409 e. The quantitative estimate of drug-likeness (QED) is 0.593. The minimum absolute atomic E-state index is 0.500. The Balaban J connectivity index is 2.58. The zero-order valence-electron chi connectivity index (χ0n) is 4.33. The van der Waals surface area contributed by atoms with Crippen molar-refractivity contribution in [1.29, 1.82) is 0 Å². The monoisotopic (exact) mass is 162 g/mol. The van der Waals surface area contributed by atoms with Crippen LogP contribution in [-0.2, 0) is 0 Å². The van der Waals surface area contributed by atoms with Crippen LogP contribution in [0.4, 0.5) is 4.79 Å². The highest BCUT2D eigenvalue weighted by atomic mass is 35.5. The minimum atomic E-state index is -0.798. The molecule has 0 bridgehead atoms. The second kappa shape index (κ2) is 2.85. The zero-order valence-corrected chi connectivity index (χ0v) is 5.91. The second-order valence-electron chi connectivity index (χ2n) is 1.30. The van der Waals surface area contributed by atoms with Gasteiger partial charge in [-0.15, -0.1) is 11.3 Å². The summed E-state index contributed by atoms with van der Waals surface area (Å²) in [4.78, 5) is 10.1. The van der Waals surface area contributed by atoms with Crippen LogP contribution >= 0.6 is 22.9 Å². The first-order valence-corrected chi connectivity index (χ1v) is 3.50. The van der Waals surface area contributed by atoms with E-state index in [1.807, 2.05) is 0 Å². The van der Waals surface area contributed by atoms with Crippen molar-refractivity contribution in [2.75, 3.05) is 0 Å². The fourth-order valence-electron chi connectivity index (χ4n) is 0.403. The van der Waals surface area contributed by atoms with Crippen molar-refractivity contribution in [2.45, 2.75) is 0 Å². The summed E-state index contributed by atoms with van der Waals surface area (Å²) in [7, 11) is 0. The van der Waals surface area contributed by atoms with Gasteiger partial charge in [0.25, 0.3) is 0 Å². The average Bonchev–Trinajstić information content (AvgIpc) is 2.15. The Morgan fingerprint density at radius 3 is 3.00 bits per heavy atom. The number of ether oxygens (including phenoxy) is 1. The van der Waals surface area contributed by atoms with Crippen LogP contribution < -0.4 is 4.74 Å². The van der Waals surface area contributed by atoms with Gasteiger partial charge in [-0.3, -0.25) is 0 Å². The maximum Gasteiger partial charge on any atom is 0.409 e. The largest absolute Gasteiger partial charge is 0.414 e. The predicted molar refractivity (Wildman–Crippen MR) is 36.2 cm³/mol. The summed E-state index contributed by atoms with van der Waals surface area (Å²) in [6.07, 6.45) is 0. The van der Waals surface area contributed by atoms with Gasteiger partial charge in [0.2, 0.25) is 0 Å². The minimum Gasteiger partial charge on any atom is -0.414 e. The lowest BCUT2D eigenvalue weighted by molar-refractivity contribution is 0.226. The summed E-state index contributed by atoms with van der Waals surface area (Å²) in [6, 6.07) is 1.67. The van der Waals surface area contributed by atoms with Crippen LogP contribution in [0.3, 0.4) is 0 Å². The molecule has 0 fully saturated rings. The Bertz CT molecular complexity index is 195. The first-order chi connectivity index (χ1) is 4.29. The molecule has 0 saturated heterocycles. The molecule has 0 saturated carbocycles. The molecule has 2 nitrogen and oxygen atoms in total. The van der Waals surface area contributed by atoms with Gasteiger partial charge >= 0.3 is 5.43 Å². The van der Waals surface area contributed by atoms with E-state index in [4.69, 9.17) is 11.6 Å². The molecule has 0 aliphatic rings. The third-order valence-corrected chi connectivity index (χ3v) is 1.43. The van der Waals surface area contributed by atoms with Crippen LogP contribution in [0, 0.1) is 0 Å². The Labute approximate surface area is 61.0 Å². The van der Waals surface area contributed by atoms with Gasteiger partial charge in [0.15, 0.2) is 0 Å². The highest BCUT2D eigenvalue weighted by Crippen LogP contribution is 2.15. The van der Waals surface area contributed by atoms with Gasteiger partial charge in [-0.25, -0.2) is 4.79 Å². The third-order valence-electron chi connectivity index (χ3n) is 0.693. The van der Waals surface area contributed by atoms with Gasteiger partial charge < -0.3 is 4.74 Å². The number of halogens is 1. The maximum atomic E-state index is 10.1. The van der Waals surface area contributed by atoms with E-state index in [0.29, 0.717) is 5.75 Å². The predicted octanol–water partition coefficient (Wildman–Crippen LogP) is 2.49.